The number of nitrogens with zero attached hydrogens (tertiary/aromatic N) is 3. The minimum atomic E-state index is -1.05. The lowest BCUT2D eigenvalue weighted by Crippen LogP contribution is -2.23. The Kier molecular flexibility index (Phi) is 8.49. The number of likely N-dealkylation sites (N-methyl/N-ethyl adjacent to an activating group) is 1. The number of benzene rings is 3. The highest BCUT2D eigenvalue weighted by Crippen LogP contribution is 2.38. The monoisotopic (exact) mass is 539 g/mol. The molecule has 1 fully saturated rings. The molecule has 4 rings (SSSR count). The number of aliphatic imine (C=N–C) groups is 1. The Balaban J connectivity index is 1.64. The van der Waals surface area contributed by atoms with Gasteiger partial charge in [-0.3, -0.25) is 9.69 Å². The Morgan fingerprint density at radius 1 is 1.18 bits per heavy atom. The standard InChI is InChI=1S/C30H25N3O5S/c1-4-8-20-13-19(14-25(37-3)27(20)38-18-23-10-6-5-9-22(23)17-31)15-26-28(34)33(2)30(39-26)32-24-12-7-11-21(16-24)29(35)36/h4-7,9-16H,1,8,18H2,2-3H3,(H,35,36)/b26-15-,32-30?. The van der Waals surface area contributed by atoms with E-state index in [-0.39, 0.29) is 18.1 Å². The summed E-state index contributed by atoms with van der Waals surface area (Å²) in [4.78, 5) is 30.7. The van der Waals surface area contributed by atoms with Crippen LogP contribution in [-0.2, 0) is 17.8 Å². The molecule has 1 amide bonds. The van der Waals surface area contributed by atoms with Crippen molar-refractivity contribution in [3.05, 3.63) is 106 Å². The number of carbonyl (C=O) groups is 2. The molecule has 0 spiro atoms. The first-order chi connectivity index (χ1) is 18.8. The lowest BCUT2D eigenvalue weighted by atomic mass is 10.0. The summed E-state index contributed by atoms with van der Waals surface area (Å²) in [6, 6.07) is 19.3. The topological polar surface area (TPSA) is 112 Å². The first-order valence-corrected chi connectivity index (χ1v) is 12.7. The van der Waals surface area contributed by atoms with Crippen molar-refractivity contribution in [2.75, 3.05) is 14.2 Å². The van der Waals surface area contributed by atoms with Gasteiger partial charge in [0.1, 0.15) is 6.61 Å². The van der Waals surface area contributed by atoms with Crippen LogP contribution in [0.4, 0.5) is 5.69 Å². The van der Waals surface area contributed by atoms with Crippen LogP contribution >= 0.6 is 11.8 Å². The van der Waals surface area contributed by atoms with Gasteiger partial charge < -0.3 is 14.6 Å². The minimum absolute atomic E-state index is 0.116. The van der Waals surface area contributed by atoms with Gasteiger partial charge in [-0.05, 0) is 66.2 Å². The van der Waals surface area contributed by atoms with Gasteiger partial charge in [0.2, 0.25) is 0 Å². The van der Waals surface area contributed by atoms with Crippen LogP contribution < -0.4 is 9.47 Å². The third-order valence-corrected chi connectivity index (χ3v) is 6.93. The number of carboxylic acid groups (broad SMARTS) is 1. The summed E-state index contributed by atoms with van der Waals surface area (Å²) in [5, 5.41) is 19.1. The summed E-state index contributed by atoms with van der Waals surface area (Å²) in [6.07, 6.45) is 4.00. The quantitative estimate of drug-likeness (QED) is 0.270. The lowest BCUT2D eigenvalue weighted by Gasteiger charge is -2.16. The summed E-state index contributed by atoms with van der Waals surface area (Å²) in [5.41, 5.74) is 3.39. The SMILES string of the molecule is C=CCc1cc(/C=C2\SC(=Nc3cccc(C(=O)O)c3)N(C)C2=O)cc(OC)c1OCc1ccccc1C#N. The van der Waals surface area contributed by atoms with Crippen molar-refractivity contribution in [1.82, 2.24) is 4.90 Å². The number of allylic oxidation sites excluding steroid dienone is 1. The Hall–Kier alpha value is -4.81. The van der Waals surface area contributed by atoms with Crippen molar-refractivity contribution in [1.29, 1.82) is 5.26 Å². The van der Waals surface area contributed by atoms with Crippen LogP contribution in [0.15, 0.2) is 83.2 Å². The van der Waals surface area contributed by atoms with E-state index in [1.807, 2.05) is 18.2 Å². The molecule has 1 aliphatic rings. The first kappa shape index (κ1) is 27.2. The highest BCUT2D eigenvalue weighted by molar-refractivity contribution is 8.18. The number of thioether (sulfide) groups is 1. The second-order valence-corrected chi connectivity index (χ2v) is 9.50. The molecule has 196 valence electrons. The minimum Gasteiger partial charge on any atom is -0.493 e. The highest BCUT2D eigenvalue weighted by atomic mass is 32.2. The molecule has 1 aliphatic heterocycles. The number of hydrogen-bond donors (Lipinski definition) is 1. The Morgan fingerprint density at radius 3 is 2.69 bits per heavy atom. The maximum absolute atomic E-state index is 13.0. The van der Waals surface area contributed by atoms with E-state index >= 15 is 0 Å². The average molecular weight is 540 g/mol. The molecule has 0 unspecified atom stereocenters. The smallest absolute Gasteiger partial charge is 0.335 e. The summed E-state index contributed by atoms with van der Waals surface area (Å²) < 4.78 is 11.8. The van der Waals surface area contributed by atoms with E-state index in [1.54, 1.807) is 56.6 Å². The predicted octanol–water partition coefficient (Wildman–Crippen LogP) is 5.81. The van der Waals surface area contributed by atoms with Gasteiger partial charge in [-0.1, -0.05) is 30.3 Å². The van der Waals surface area contributed by atoms with Gasteiger partial charge in [-0.15, -0.1) is 6.58 Å². The summed E-state index contributed by atoms with van der Waals surface area (Å²) in [5.74, 6) is -0.257. The molecule has 0 aromatic heterocycles. The zero-order valence-electron chi connectivity index (χ0n) is 21.4. The van der Waals surface area contributed by atoms with Gasteiger partial charge in [0.05, 0.1) is 34.9 Å². The molecule has 0 aliphatic carbocycles. The third kappa shape index (κ3) is 6.20. The molecule has 8 nitrogen and oxygen atoms in total. The number of rotatable bonds is 9. The van der Waals surface area contributed by atoms with E-state index in [1.165, 1.54) is 28.8 Å². The molecule has 0 radical (unpaired) electrons. The van der Waals surface area contributed by atoms with Crippen LogP contribution in [0.1, 0.15) is 32.6 Å². The maximum atomic E-state index is 13.0. The number of ether oxygens (including phenoxy) is 2. The number of hydrogen-bond acceptors (Lipinski definition) is 7. The third-order valence-electron chi connectivity index (χ3n) is 5.87. The molecule has 3 aromatic carbocycles. The second-order valence-electron chi connectivity index (χ2n) is 8.49. The molecule has 1 heterocycles. The van der Waals surface area contributed by atoms with Gasteiger partial charge in [-0.25, -0.2) is 9.79 Å². The van der Waals surface area contributed by atoms with Gasteiger partial charge in [0, 0.05) is 18.2 Å². The van der Waals surface area contributed by atoms with Crippen molar-refractivity contribution in [2.45, 2.75) is 13.0 Å². The molecular weight excluding hydrogens is 514 g/mol. The fourth-order valence-corrected chi connectivity index (χ4v) is 4.90. The van der Waals surface area contributed by atoms with Crippen LogP contribution in [0.5, 0.6) is 11.5 Å². The number of aromatic carboxylic acids is 1. The van der Waals surface area contributed by atoms with Gasteiger partial charge in [0.25, 0.3) is 5.91 Å². The van der Waals surface area contributed by atoms with E-state index < -0.39 is 5.97 Å². The van der Waals surface area contributed by atoms with Crippen molar-refractivity contribution < 1.29 is 24.2 Å². The van der Waals surface area contributed by atoms with Crippen LogP contribution in [0.2, 0.25) is 0 Å². The van der Waals surface area contributed by atoms with E-state index in [4.69, 9.17) is 9.47 Å². The zero-order chi connectivity index (χ0) is 27.9. The van der Waals surface area contributed by atoms with Gasteiger partial charge >= 0.3 is 5.97 Å². The number of methoxy groups -OCH3 is 1. The maximum Gasteiger partial charge on any atom is 0.335 e. The normalized spacial score (nSPS) is 14.9. The average Bonchev–Trinajstić information content (AvgIpc) is 3.20. The lowest BCUT2D eigenvalue weighted by molar-refractivity contribution is -0.121. The van der Waals surface area contributed by atoms with Crippen molar-refractivity contribution in [3.63, 3.8) is 0 Å². The highest BCUT2D eigenvalue weighted by Gasteiger charge is 2.30. The van der Waals surface area contributed by atoms with Gasteiger partial charge in [-0.2, -0.15) is 5.26 Å². The molecule has 39 heavy (non-hydrogen) atoms. The molecule has 3 aromatic rings. The number of amidine groups is 1. The zero-order valence-corrected chi connectivity index (χ0v) is 22.2. The summed E-state index contributed by atoms with van der Waals surface area (Å²) >= 11 is 1.20. The van der Waals surface area contributed by atoms with Gasteiger partial charge in [0.15, 0.2) is 16.7 Å². The summed E-state index contributed by atoms with van der Waals surface area (Å²) in [6.45, 7) is 4.04. The van der Waals surface area contributed by atoms with Crippen LogP contribution in [0, 0.1) is 11.3 Å². The van der Waals surface area contributed by atoms with Crippen molar-refractivity contribution >= 4 is 40.6 Å². The second kappa shape index (κ2) is 12.2. The molecule has 1 saturated heterocycles. The van der Waals surface area contributed by atoms with Crippen LogP contribution in [0.25, 0.3) is 6.08 Å². The first-order valence-electron chi connectivity index (χ1n) is 11.9. The Labute approximate surface area is 230 Å². The van der Waals surface area contributed by atoms with E-state index in [2.05, 4.69) is 17.6 Å². The summed E-state index contributed by atoms with van der Waals surface area (Å²) in [7, 11) is 3.16. The predicted molar refractivity (Wildman–Crippen MR) is 151 cm³/mol. The van der Waals surface area contributed by atoms with E-state index in [9.17, 15) is 20.0 Å². The van der Waals surface area contributed by atoms with Crippen molar-refractivity contribution in [2.24, 2.45) is 4.99 Å². The Bertz CT molecular complexity index is 1550. The molecule has 0 bridgehead atoms. The molecule has 1 N–H and O–H groups in total. The van der Waals surface area contributed by atoms with E-state index in [0.29, 0.717) is 39.2 Å². The van der Waals surface area contributed by atoms with Crippen LogP contribution in [-0.4, -0.2) is 41.2 Å². The molecule has 0 saturated carbocycles. The fourth-order valence-electron chi connectivity index (χ4n) is 3.92. The number of carboxylic acids is 1. The number of nitriles is 1. The molecular formula is C30H25N3O5S. The largest absolute Gasteiger partial charge is 0.493 e. The van der Waals surface area contributed by atoms with E-state index in [0.717, 1.165) is 16.7 Å². The fraction of sp³-hybridized carbons (Fsp3) is 0.133. The Morgan fingerprint density at radius 2 is 1.97 bits per heavy atom. The number of amides is 1. The molecule has 0 atom stereocenters. The van der Waals surface area contributed by atoms with Crippen LogP contribution in [0.3, 0.4) is 0 Å². The number of carbonyl (C=O) groups excluding carboxylic acids is 1. The van der Waals surface area contributed by atoms with Crippen molar-refractivity contribution in [3.8, 4) is 17.6 Å². The molecule has 9 heteroatoms.